The Kier molecular flexibility index (Phi) is 4.02. The Labute approximate surface area is 117 Å². The van der Waals surface area contributed by atoms with Crippen LogP contribution in [0.3, 0.4) is 0 Å². The molecule has 20 heavy (non-hydrogen) atoms. The lowest BCUT2D eigenvalue weighted by molar-refractivity contribution is 0.0782. The Balaban J connectivity index is 2.16. The van der Waals surface area contributed by atoms with Gasteiger partial charge in [-0.05, 0) is 29.8 Å². The Morgan fingerprint density at radius 1 is 1.25 bits per heavy atom. The van der Waals surface area contributed by atoms with Crippen LogP contribution in [0.15, 0.2) is 48.5 Å². The van der Waals surface area contributed by atoms with E-state index >= 15 is 0 Å². The number of nitriles is 1. The van der Waals surface area contributed by atoms with Gasteiger partial charge in [0.1, 0.15) is 5.75 Å². The second-order valence-electron chi connectivity index (χ2n) is 4.49. The minimum absolute atomic E-state index is 0.0323. The van der Waals surface area contributed by atoms with Crippen LogP contribution >= 0.6 is 0 Å². The first-order chi connectivity index (χ1) is 9.61. The first-order valence-corrected chi connectivity index (χ1v) is 6.14. The van der Waals surface area contributed by atoms with Crippen LogP contribution in [0.25, 0.3) is 0 Å². The molecular formula is C16H14N2O2. The maximum absolute atomic E-state index is 12.2. The third-order valence-corrected chi connectivity index (χ3v) is 2.96. The molecule has 100 valence electrons. The third kappa shape index (κ3) is 2.96. The fourth-order valence-corrected chi connectivity index (χ4v) is 1.95. The number of nitrogens with zero attached hydrogens (tertiary/aromatic N) is 2. The summed E-state index contributed by atoms with van der Waals surface area (Å²) in [5, 5.41) is 18.5. The Bertz CT molecular complexity index is 674. The molecule has 2 aromatic carbocycles. The average Bonchev–Trinajstić information content (AvgIpc) is 2.47. The maximum Gasteiger partial charge on any atom is 0.257 e. The van der Waals surface area contributed by atoms with Crippen molar-refractivity contribution in [1.29, 1.82) is 5.26 Å². The quantitative estimate of drug-likeness (QED) is 0.928. The van der Waals surface area contributed by atoms with Crippen LogP contribution < -0.4 is 0 Å². The summed E-state index contributed by atoms with van der Waals surface area (Å²) < 4.78 is 0. The van der Waals surface area contributed by atoms with Crippen molar-refractivity contribution in [2.75, 3.05) is 7.05 Å². The van der Waals surface area contributed by atoms with E-state index in [-0.39, 0.29) is 17.2 Å². The SMILES string of the molecule is CN(Cc1cccc(C#N)c1)C(=O)c1ccccc1O. The fourth-order valence-electron chi connectivity index (χ4n) is 1.95. The normalized spacial score (nSPS) is 9.80. The minimum Gasteiger partial charge on any atom is -0.507 e. The second-order valence-corrected chi connectivity index (χ2v) is 4.49. The van der Waals surface area contributed by atoms with Crippen LogP contribution in [0.2, 0.25) is 0 Å². The molecule has 0 aliphatic rings. The first-order valence-electron chi connectivity index (χ1n) is 6.14. The molecule has 1 amide bonds. The molecule has 0 unspecified atom stereocenters. The van der Waals surface area contributed by atoms with Gasteiger partial charge in [0.05, 0.1) is 17.2 Å². The number of aromatic hydroxyl groups is 1. The van der Waals surface area contributed by atoms with Gasteiger partial charge >= 0.3 is 0 Å². The van der Waals surface area contributed by atoms with E-state index < -0.39 is 0 Å². The van der Waals surface area contributed by atoms with Crippen LogP contribution in [-0.4, -0.2) is 23.0 Å². The van der Waals surface area contributed by atoms with E-state index in [0.29, 0.717) is 12.1 Å². The average molecular weight is 266 g/mol. The van der Waals surface area contributed by atoms with Gasteiger partial charge < -0.3 is 10.0 Å². The monoisotopic (exact) mass is 266 g/mol. The van der Waals surface area contributed by atoms with Gasteiger partial charge in [0.2, 0.25) is 0 Å². The highest BCUT2D eigenvalue weighted by Gasteiger charge is 2.15. The Morgan fingerprint density at radius 2 is 2.00 bits per heavy atom. The molecule has 1 N–H and O–H groups in total. The van der Waals surface area contributed by atoms with E-state index in [4.69, 9.17) is 5.26 Å². The van der Waals surface area contributed by atoms with Gasteiger partial charge in [0, 0.05) is 13.6 Å². The molecular weight excluding hydrogens is 252 g/mol. The lowest BCUT2D eigenvalue weighted by Crippen LogP contribution is -2.26. The highest BCUT2D eigenvalue weighted by atomic mass is 16.3. The van der Waals surface area contributed by atoms with Crippen LogP contribution in [-0.2, 0) is 6.54 Å². The summed E-state index contributed by atoms with van der Waals surface area (Å²) in [5.41, 5.74) is 1.70. The van der Waals surface area contributed by atoms with E-state index in [2.05, 4.69) is 6.07 Å². The zero-order valence-electron chi connectivity index (χ0n) is 11.1. The van der Waals surface area contributed by atoms with Crippen molar-refractivity contribution in [2.24, 2.45) is 0 Å². The predicted octanol–water partition coefficient (Wildman–Crippen LogP) is 2.54. The van der Waals surface area contributed by atoms with Gasteiger partial charge in [-0.25, -0.2) is 0 Å². The van der Waals surface area contributed by atoms with E-state index in [1.54, 1.807) is 43.4 Å². The molecule has 0 saturated heterocycles. The maximum atomic E-state index is 12.2. The van der Waals surface area contributed by atoms with Gasteiger partial charge in [-0.2, -0.15) is 5.26 Å². The van der Waals surface area contributed by atoms with Crippen LogP contribution in [0, 0.1) is 11.3 Å². The molecule has 0 aromatic heterocycles. The van der Waals surface area contributed by atoms with Gasteiger partial charge in [0.25, 0.3) is 5.91 Å². The van der Waals surface area contributed by atoms with Crippen molar-refractivity contribution in [2.45, 2.75) is 6.54 Å². The van der Waals surface area contributed by atoms with Crippen molar-refractivity contribution in [3.63, 3.8) is 0 Å². The van der Waals surface area contributed by atoms with Gasteiger partial charge in [-0.3, -0.25) is 4.79 Å². The number of hydrogen-bond donors (Lipinski definition) is 1. The first kappa shape index (κ1) is 13.6. The molecule has 4 nitrogen and oxygen atoms in total. The molecule has 0 bridgehead atoms. The Morgan fingerprint density at radius 3 is 2.70 bits per heavy atom. The number of para-hydroxylation sites is 1. The summed E-state index contributed by atoms with van der Waals surface area (Å²) in [5.74, 6) is -0.291. The molecule has 2 aromatic rings. The summed E-state index contributed by atoms with van der Waals surface area (Å²) in [6.45, 7) is 0.378. The summed E-state index contributed by atoms with van der Waals surface area (Å²) in [6.07, 6.45) is 0. The molecule has 0 saturated carbocycles. The zero-order chi connectivity index (χ0) is 14.5. The van der Waals surface area contributed by atoms with Crippen molar-refractivity contribution in [3.05, 3.63) is 65.2 Å². The molecule has 0 heterocycles. The van der Waals surface area contributed by atoms with E-state index in [0.717, 1.165) is 5.56 Å². The standard InChI is InChI=1S/C16H14N2O2/c1-18(11-13-6-4-5-12(9-13)10-17)16(20)14-7-2-3-8-15(14)19/h2-9,19H,11H2,1H3. The van der Waals surface area contributed by atoms with E-state index in [9.17, 15) is 9.90 Å². The second kappa shape index (κ2) is 5.89. The van der Waals surface area contributed by atoms with Gasteiger partial charge in [-0.15, -0.1) is 0 Å². The van der Waals surface area contributed by atoms with Crippen molar-refractivity contribution in [1.82, 2.24) is 4.90 Å². The molecule has 0 aliphatic carbocycles. The predicted molar refractivity (Wildman–Crippen MR) is 75.1 cm³/mol. The number of amides is 1. The third-order valence-electron chi connectivity index (χ3n) is 2.96. The van der Waals surface area contributed by atoms with Gasteiger partial charge in [-0.1, -0.05) is 24.3 Å². The minimum atomic E-state index is -0.259. The van der Waals surface area contributed by atoms with Crippen LogP contribution in [0.4, 0.5) is 0 Å². The van der Waals surface area contributed by atoms with E-state index in [1.807, 2.05) is 6.07 Å². The number of carbonyl (C=O) groups excluding carboxylic acids is 1. The highest BCUT2D eigenvalue weighted by Crippen LogP contribution is 2.18. The molecule has 0 fully saturated rings. The lowest BCUT2D eigenvalue weighted by Gasteiger charge is -2.18. The van der Waals surface area contributed by atoms with Gasteiger partial charge in [0.15, 0.2) is 0 Å². The number of phenolic OH excluding ortho intramolecular Hbond substituents is 1. The number of hydrogen-bond acceptors (Lipinski definition) is 3. The highest BCUT2D eigenvalue weighted by molar-refractivity contribution is 5.96. The summed E-state index contributed by atoms with van der Waals surface area (Å²) in [6, 6.07) is 15.6. The van der Waals surface area contributed by atoms with Crippen LogP contribution in [0.5, 0.6) is 5.75 Å². The summed E-state index contributed by atoms with van der Waals surface area (Å²) in [7, 11) is 1.66. The Hall–Kier alpha value is -2.80. The number of carbonyl (C=O) groups is 1. The largest absolute Gasteiger partial charge is 0.507 e. The lowest BCUT2D eigenvalue weighted by atomic mass is 10.1. The summed E-state index contributed by atoms with van der Waals surface area (Å²) >= 11 is 0. The number of rotatable bonds is 3. The molecule has 0 aliphatic heterocycles. The molecule has 4 heteroatoms. The summed E-state index contributed by atoms with van der Waals surface area (Å²) in [4.78, 5) is 13.7. The smallest absolute Gasteiger partial charge is 0.257 e. The van der Waals surface area contributed by atoms with Crippen molar-refractivity contribution in [3.8, 4) is 11.8 Å². The molecule has 0 spiro atoms. The molecule has 0 atom stereocenters. The molecule has 0 radical (unpaired) electrons. The van der Waals surface area contributed by atoms with Crippen molar-refractivity contribution < 1.29 is 9.90 Å². The number of benzene rings is 2. The van der Waals surface area contributed by atoms with E-state index in [1.165, 1.54) is 11.0 Å². The number of phenols is 1. The van der Waals surface area contributed by atoms with Crippen molar-refractivity contribution >= 4 is 5.91 Å². The fraction of sp³-hybridized carbons (Fsp3) is 0.125. The zero-order valence-corrected chi connectivity index (χ0v) is 11.1. The molecule has 2 rings (SSSR count). The van der Waals surface area contributed by atoms with Crippen LogP contribution in [0.1, 0.15) is 21.5 Å². The topological polar surface area (TPSA) is 64.3 Å².